The number of pyridine rings is 1. The van der Waals surface area contributed by atoms with Gasteiger partial charge in [0.05, 0.1) is 6.61 Å². The molecule has 0 aliphatic heterocycles. The fourth-order valence-corrected chi connectivity index (χ4v) is 2.67. The van der Waals surface area contributed by atoms with E-state index in [9.17, 15) is 0 Å². The van der Waals surface area contributed by atoms with Crippen LogP contribution in [0.1, 0.15) is 24.7 Å². The van der Waals surface area contributed by atoms with E-state index in [-0.39, 0.29) is 24.0 Å². The molecule has 0 radical (unpaired) electrons. The minimum atomic E-state index is 0. The first kappa shape index (κ1) is 21.9. The van der Waals surface area contributed by atoms with Crippen LogP contribution in [0.3, 0.4) is 0 Å². The Kier molecular flexibility index (Phi) is 8.99. The number of aromatic nitrogens is 3. The third-order valence-corrected chi connectivity index (χ3v) is 4.07. The molecule has 7 nitrogen and oxygen atoms in total. The molecule has 0 amide bonds. The molecule has 2 heterocycles. The molecule has 0 spiro atoms. The second kappa shape index (κ2) is 11.5. The topological polar surface area (TPSA) is 75.8 Å². The molecule has 0 unspecified atom stereocenters. The van der Waals surface area contributed by atoms with E-state index in [2.05, 4.69) is 38.8 Å². The summed E-state index contributed by atoms with van der Waals surface area (Å²) in [6, 6.07) is 13.9. The van der Waals surface area contributed by atoms with Crippen molar-refractivity contribution in [1.82, 2.24) is 25.2 Å². The number of benzene rings is 1. The van der Waals surface area contributed by atoms with Crippen molar-refractivity contribution >= 4 is 35.6 Å². The van der Waals surface area contributed by atoms with Crippen LogP contribution in [0.2, 0.25) is 0 Å². The van der Waals surface area contributed by atoms with Gasteiger partial charge < -0.3 is 15.4 Å². The molecule has 0 bridgehead atoms. The maximum Gasteiger partial charge on any atom is 0.191 e. The average molecular weight is 494 g/mol. The Bertz CT molecular complexity index is 895. The highest BCUT2D eigenvalue weighted by atomic mass is 127. The van der Waals surface area contributed by atoms with E-state index < -0.39 is 0 Å². The van der Waals surface area contributed by atoms with Crippen LogP contribution in [0.15, 0.2) is 53.7 Å². The summed E-state index contributed by atoms with van der Waals surface area (Å²) in [5.41, 5.74) is 1.98. The van der Waals surface area contributed by atoms with Gasteiger partial charge in [-0.3, -0.25) is 4.40 Å². The second-order valence-corrected chi connectivity index (χ2v) is 6.13. The van der Waals surface area contributed by atoms with Crippen LogP contribution in [0.4, 0.5) is 0 Å². The van der Waals surface area contributed by atoms with Crippen molar-refractivity contribution in [2.24, 2.45) is 4.99 Å². The van der Waals surface area contributed by atoms with Crippen molar-refractivity contribution in [2.45, 2.75) is 26.8 Å². The first-order valence-corrected chi connectivity index (χ1v) is 9.27. The van der Waals surface area contributed by atoms with E-state index in [4.69, 9.17) is 4.74 Å². The van der Waals surface area contributed by atoms with Crippen LogP contribution in [0.25, 0.3) is 5.65 Å². The van der Waals surface area contributed by atoms with Crippen molar-refractivity contribution in [2.75, 3.05) is 19.7 Å². The Morgan fingerprint density at radius 1 is 1.11 bits per heavy atom. The Morgan fingerprint density at radius 2 is 1.93 bits per heavy atom. The van der Waals surface area contributed by atoms with Crippen LogP contribution in [0.5, 0.6) is 5.75 Å². The first-order valence-electron chi connectivity index (χ1n) is 9.27. The molecule has 0 atom stereocenters. The van der Waals surface area contributed by atoms with E-state index in [0.717, 1.165) is 48.3 Å². The van der Waals surface area contributed by atoms with Gasteiger partial charge in [0.1, 0.15) is 12.3 Å². The van der Waals surface area contributed by atoms with Crippen LogP contribution in [-0.4, -0.2) is 40.3 Å². The molecule has 0 fully saturated rings. The molecule has 0 saturated heterocycles. The van der Waals surface area contributed by atoms with Crippen molar-refractivity contribution in [3.8, 4) is 5.75 Å². The minimum Gasteiger partial charge on any atom is -0.493 e. The van der Waals surface area contributed by atoms with Gasteiger partial charge in [0.25, 0.3) is 0 Å². The number of hydrogen-bond donors (Lipinski definition) is 2. The van der Waals surface area contributed by atoms with Crippen molar-refractivity contribution in [1.29, 1.82) is 0 Å². The number of para-hydroxylation sites is 1. The van der Waals surface area contributed by atoms with Crippen molar-refractivity contribution in [3.05, 3.63) is 60.0 Å². The summed E-state index contributed by atoms with van der Waals surface area (Å²) in [4.78, 5) is 4.61. The Hall–Kier alpha value is -2.36. The number of aryl methyl sites for hydroxylation is 1. The zero-order chi connectivity index (χ0) is 18.9. The van der Waals surface area contributed by atoms with Crippen molar-refractivity contribution in [3.63, 3.8) is 0 Å². The van der Waals surface area contributed by atoms with Crippen LogP contribution in [-0.2, 0) is 6.54 Å². The van der Waals surface area contributed by atoms with Gasteiger partial charge in [-0.2, -0.15) is 0 Å². The molecule has 1 aromatic carbocycles. The number of fused-ring (bicyclic) bond motifs is 1. The Morgan fingerprint density at radius 3 is 2.75 bits per heavy atom. The zero-order valence-electron chi connectivity index (χ0n) is 16.3. The van der Waals surface area contributed by atoms with Gasteiger partial charge in [-0.15, -0.1) is 34.2 Å². The van der Waals surface area contributed by atoms with Crippen molar-refractivity contribution < 1.29 is 4.74 Å². The average Bonchev–Trinajstić information content (AvgIpc) is 3.10. The quantitative estimate of drug-likeness (QED) is 0.218. The Labute approximate surface area is 182 Å². The molecule has 150 valence electrons. The third-order valence-electron chi connectivity index (χ3n) is 4.07. The highest BCUT2D eigenvalue weighted by Gasteiger charge is 2.04. The van der Waals surface area contributed by atoms with Gasteiger partial charge in [0.15, 0.2) is 17.4 Å². The molecule has 0 aliphatic carbocycles. The van der Waals surface area contributed by atoms with Gasteiger partial charge in [0, 0.05) is 19.3 Å². The lowest BCUT2D eigenvalue weighted by atomic mass is 10.2. The largest absolute Gasteiger partial charge is 0.493 e. The summed E-state index contributed by atoms with van der Waals surface area (Å²) in [6.07, 6.45) is 2.83. The van der Waals surface area contributed by atoms with E-state index in [1.165, 1.54) is 0 Å². The summed E-state index contributed by atoms with van der Waals surface area (Å²) >= 11 is 0. The summed E-state index contributed by atoms with van der Waals surface area (Å²) in [6.45, 7) is 6.79. The molecular formula is C20H27IN6O. The molecule has 0 aliphatic rings. The van der Waals surface area contributed by atoms with Gasteiger partial charge in [-0.05, 0) is 44.0 Å². The Balaban J connectivity index is 0.00000280. The number of nitrogens with one attached hydrogen (secondary N) is 2. The monoisotopic (exact) mass is 494 g/mol. The van der Waals surface area contributed by atoms with E-state index in [1.54, 1.807) is 0 Å². The number of guanidine groups is 1. The molecule has 2 aromatic heterocycles. The lowest BCUT2D eigenvalue weighted by Gasteiger charge is -2.12. The smallest absolute Gasteiger partial charge is 0.191 e. The summed E-state index contributed by atoms with van der Waals surface area (Å²) < 4.78 is 7.77. The predicted molar refractivity (Wildman–Crippen MR) is 123 cm³/mol. The SMILES string of the molecule is CCNC(=NCc1nnc2ccccn12)NCCCOc1ccccc1C.I. The summed E-state index contributed by atoms with van der Waals surface area (Å²) in [5, 5.41) is 14.9. The minimum absolute atomic E-state index is 0. The number of halogens is 1. The first-order chi connectivity index (χ1) is 13.3. The van der Waals surface area contributed by atoms with Crippen LogP contribution < -0.4 is 15.4 Å². The highest BCUT2D eigenvalue weighted by Crippen LogP contribution is 2.15. The lowest BCUT2D eigenvalue weighted by molar-refractivity contribution is 0.309. The van der Waals surface area contributed by atoms with Crippen LogP contribution in [0, 0.1) is 6.92 Å². The molecule has 0 saturated carbocycles. The van der Waals surface area contributed by atoms with E-state index in [1.807, 2.05) is 53.9 Å². The number of hydrogen-bond acceptors (Lipinski definition) is 4. The van der Waals surface area contributed by atoms with Gasteiger partial charge in [0.2, 0.25) is 0 Å². The normalized spacial score (nSPS) is 11.1. The highest BCUT2D eigenvalue weighted by molar-refractivity contribution is 14.0. The lowest BCUT2D eigenvalue weighted by Crippen LogP contribution is -2.38. The molecule has 3 aromatic rings. The molecule has 2 N–H and O–H groups in total. The summed E-state index contributed by atoms with van der Waals surface area (Å²) in [5.74, 6) is 2.52. The van der Waals surface area contributed by atoms with E-state index in [0.29, 0.717) is 13.2 Å². The summed E-state index contributed by atoms with van der Waals surface area (Å²) in [7, 11) is 0. The molecule has 8 heteroatoms. The zero-order valence-corrected chi connectivity index (χ0v) is 18.6. The number of nitrogens with zero attached hydrogens (tertiary/aromatic N) is 4. The van der Waals surface area contributed by atoms with Gasteiger partial charge in [-0.25, -0.2) is 4.99 Å². The maximum absolute atomic E-state index is 5.82. The van der Waals surface area contributed by atoms with Gasteiger partial charge in [-0.1, -0.05) is 24.3 Å². The number of aliphatic imine (C=N–C) groups is 1. The maximum atomic E-state index is 5.82. The fourth-order valence-electron chi connectivity index (χ4n) is 2.67. The van der Waals surface area contributed by atoms with Crippen LogP contribution >= 0.6 is 24.0 Å². The standard InChI is InChI=1S/C20H26N6O.HI/c1-3-21-20(22-12-8-14-27-17-10-5-4-9-16(17)2)23-15-19-25-24-18-11-6-7-13-26(18)19;/h4-7,9-11,13H,3,8,12,14-15H2,1-2H3,(H2,21,22,23);1H. The molecule has 28 heavy (non-hydrogen) atoms. The fraction of sp³-hybridized carbons (Fsp3) is 0.350. The number of ether oxygens (including phenoxy) is 1. The second-order valence-electron chi connectivity index (χ2n) is 6.13. The predicted octanol–water partition coefficient (Wildman–Crippen LogP) is 3.18. The van der Waals surface area contributed by atoms with Gasteiger partial charge >= 0.3 is 0 Å². The number of rotatable bonds is 8. The molecule has 3 rings (SSSR count). The third kappa shape index (κ3) is 6.08. The molecular weight excluding hydrogens is 467 g/mol. The van der Waals surface area contributed by atoms with E-state index >= 15 is 0 Å².